The van der Waals surface area contributed by atoms with Gasteiger partial charge in [0.1, 0.15) is 17.4 Å². The summed E-state index contributed by atoms with van der Waals surface area (Å²) in [6, 6.07) is 9.02. The van der Waals surface area contributed by atoms with Gasteiger partial charge in [0, 0.05) is 63.4 Å². The van der Waals surface area contributed by atoms with Crippen LogP contribution >= 0.6 is 0 Å². The quantitative estimate of drug-likeness (QED) is 0.468. The Morgan fingerprint density at radius 2 is 1.88 bits per heavy atom. The van der Waals surface area contributed by atoms with Crippen molar-refractivity contribution in [3.63, 3.8) is 0 Å². The Labute approximate surface area is 234 Å². The van der Waals surface area contributed by atoms with Crippen LogP contribution in [-0.2, 0) is 9.59 Å². The van der Waals surface area contributed by atoms with Gasteiger partial charge in [-0.3, -0.25) is 24.7 Å². The predicted octanol–water partition coefficient (Wildman–Crippen LogP) is 4.12. The van der Waals surface area contributed by atoms with E-state index < -0.39 is 0 Å². The van der Waals surface area contributed by atoms with E-state index in [1.165, 1.54) is 6.08 Å². The van der Waals surface area contributed by atoms with Gasteiger partial charge in [0.05, 0.1) is 11.6 Å². The first-order valence-electron chi connectivity index (χ1n) is 13.9. The molecule has 2 aliphatic rings. The number of ether oxygens (including phenoxy) is 1. The number of nitrogens with zero attached hydrogens (tertiary/aromatic N) is 5. The lowest BCUT2D eigenvalue weighted by molar-refractivity contribution is -0.130. The number of carbonyl (C=O) groups is 3. The summed E-state index contributed by atoms with van der Waals surface area (Å²) in [5, 5.41) is 3.03. The van der Waals surface area contributed by atoms with Crippen LogP contribution in [0.1, 0.15) is 61.1 Å². The number of hydrogen-bond acceptors (Lipinski definition) is 6. The number of anilines is 1. The number of aryl methyl sites for hydroxylation is 1. The summed E-state index contributed by atoms with van der Waals surface area (Å²) in [4.78, 5) is 50.4. The molecule has 0 spiro atoms. The predicted molar refractivity (Wildman–Crippen MR) is 152 cm³/mol. The highest BCUT2D eigenvalue weighted by Gasteiger charge is 2.29. The highest BCUT2D eigenvalue weighted by atomic mass is 16.5. The van der Waals surface area contributed by atoms with E-state index in [1.54, 1.807) is 25.3 Å². The number of fused-ring (bicyclic) bond motifs is 1. The minimum atomic E-state index is -0.284. The van der Waals surface area contributed by atoms with Crippen LogP contribution in [0.25, 0.3) is 11.0 Å². The highest BCUT2D eigenvalue weighted by molar-refractivity contribution is 6.04. The molecule has 1 aromatic carbocycles. The van der Waals surface area contributed by atoms with Crippen LogP contribution in [0.5, 0.6) is 5.75 Å². The lowest BCUT2D eigenvalue weighted by Gasteiger charge is -2.32. The summed E-state index contributed by atoms with van der Waals surface area (Å²) in [6.07, 6.45) is 7.02. The molecule has 0 bridgehead atoms. The topological polar surface area (TPSA) is 110 Å². The van der Waals surface area contributed by atoms with Crippen molar-refractivity contribution in [3.8, 4) is 5.75 Å². The molecule has 1 unspecified atom stereocenters. The molecular formula is C30H36N6O4. The number of amides is 3. The van der Waals surface area contributed by atoms with Crippen LogP contribution in [-0.4, -0.2) is 74.3 Å². The molecule has 0 aliphatic carbocycles. The maximum atomic E-state index is 13.3. The number of hydrogen-bond donors (Lipinski definition) is 1. The fourth-order valence-corrected chi connectivity index (χ4v) is 5.64. The first kappa shape index (κ1) is 27.4. The van der Waals surface area contributed by atoms with Crippen molar-refractivity contribution in [2.75, 3.05) is 31.5 Å². The van der Waals surface area contributed by atoms with E-state index in [1.807, 2.05) is 39.5 Å². The molecule has 10 heteroatoms. The van der Waals surface area contributed by atoms with Crippen molar-refractivity contribution in [2.24, 2.45) is 0 Å². The van der Waals surface area contributed by atoms with Gasteiger partial charge in [-0.1, -0.05) is 12.6 Å². The number of imidazole rings is 1. The number of nitrogens with one attached hydrogen (secondary N) is 1. The molecule has 40 heavy (non-hydrogen) atoms. The average Bonchev–Trinajstić information content (AvgIpc) is 3.14. The lowest BCUT2D eigenvalue weighted by atomic mass is 10.1. The van der Waals surface area contributed by atoms with Crippen LogP contribution in [0, 0.1) is 6.92 Å². The molecule has 1 N–H and O–H groups in total. The molecule has 0 saturated carbocycles. The van der Waals surface area contributed by atoms with E-state index in [2.05, 4.69) is 16.9 Å². The van der Waals surface area contributed by atoms with Crippen molar-refractivity contribution in [1.29, 1.82) is 0 Å². The third-order valence-electron chi connectivity index (χ3n) is 7.74. The minimum Gasteiger partial charge on any atom is -0.488 e. The van der Waals surface area contributed by atoms with Crippen molar-refractivity contribution in [1.82, 2.24) is 24.3 Å². The van der Waals surface area contributed by atoms with E-state index in [0.717, 1.165) is 43.3 Å². The van der Waals surface area contributed by atoms with Gasteiger partial charge in [0.15, 0.2) is 0 Å². The first-order valence-corrected chi connectivity index (χ1v) is 13.9. The van der Waals surface area contributed by atoms with E-state index in [4.69, 9.17) is 9.72 Å². The molecule has 3 amide bonds. The van der Waals surface area contributed by atoms with E-state index in [9.17, 15) is 14.4 Å². The number of piperidine rings is 1. The molecule has 10 nitrogen and oxygen atoms in total. The summed E-state index contributed by atoms with van der Waals surface area (Å²) in [7, 11) is 0. The Hall–Kier alpha value is -4.21. The molecule has 5 rings (SSSR count). The lowest BCUT2D eigenvalue weighted by Crippen LogP contribution is -2.40. The summed E-state index contributed by atoms with van der Waals surface area (Å²) in [5.74, 6) is 0.777. The number of aromatic nitrogens is 3. The van der Waals surface area contributed by atoms with Gasteiger partial charge in [-0.15, -0.1) is 0 Å². The summed E-state index contributed by atoms with van der Waals surface area (Å²) in [5.41, 5.74) is 2.72. The monoisotopic (exact) mass is 544 g/mol. The maximum Gasteiger partial charge on any atom is 0.258 e. The number of likely N-dealkylation sites (tertiary alicyclic amines) is 2. The number of pyridine rings is 1. The van der Waals surface area contributed by atoms with E-state index >= 15 is 0 Å². The molecule has 2 aromatic heterocycles. The zero-order valence-corrected chi connectivity index (χ0v) is 23.1. The SMILES string of the molecule is C=CC(=O)N1CCCCC(n2c(NC(=O)c3ccnc(C)c3)nc3cccc(OC4CCN(C(C)=O)CC4)c32)C1. The second-order valence-electron chi connectivity index (χ2n) is 10.5. The van der Waals surface area contributed by atoms with Gasteiger partial charge in [0.2, 0.25) is 17.8 Å². The fourth-order valence-electron chi connectivity index (χ4n) is 5.64. The van der Waals surface area contributed by atoms with Gasteiger partial charge >= 0.3 is 0 Å². The van der Waals surface area contributed by atoms with Crippen molar-refractivity contribution >= 4 is 34.7 Å². The standard InChI is InChI=1S/C30H36N6O4/c1-4-27(38)35-15-6-5-8-23(19-35)36-28-25(32-30(36)33-29(39)22-11-14-31-20(2)18-22)9-7-10-26(28)40-24-12-16-34(17-13-24)21(3)37/h4,7,9-11,14,18,23-24H,1,5-6,8,12-13,15-17,19H2,2-3H3,(H,32,33,39). The fraction of sp³-hybridized carbons (Fsp3) is 0.433. The minimum absolute atomic E-state index is 0.0460. The summed E-state index contributed by atoms with van der Waals surface area (Å²) in [6.45, 7) is 9.55. The molecule has 1 atom stereocenters. The molecule has 2 saturated heterocycles. The average molecular weight is 545 g/mol. The van der Waals surface area contributed by atoms with Crippen molar-refractivity contribution in [3.05, 3.63) is 60.4 Å². The van der Waals surface area contributed by atoms with Gasteiger partial charge in [0.25, 0.3) is 5.91 Å². The van der Waals surface area contributed by atoms with Crippen LogP contribution in [0.15, 0.2) is 49.2 Å². The van der Waals surface area contributed by atoms with Gasteiger partial charge in [-0.25, -0.2) is 4.98 Å². The Morgan fingerprint density at radius 3 is 2.60 bits per heavy atom. The third-order valence-corrected chi connectivity index (χ3v) is 7.74. The van der Waals surface area contributed by atoms with Crippen LogP contribution in [0.3, 0.4) is 0 Å². The molecule has 210 valence electrons. The molecular weight excluding hydrogens is 508 g/mol. The Bertz CT molecular complexity index is 1420. The van der Waals surface area contributed by atoms with Gasteiger partial charge in [-0.05, 0) is 56.5 Å². The molecule has 2 fully saturated rings. The van der Waals surface area contributed by atoms with Gasteiger partial charge < -0.3 is 19.1 Å². The van der Waals surface area contributed by atoms with Crippen molar-refractivity contribution in [2.45, 2.75) is 58.1 Å². The zero-order valence-electron chi connectivity index (χ0n) is 23.1. The molecule has 4 heterocycles. The second kappa shape index (κ2) is 11.9. The summed E-state index contributed by atoms with van der Waals surface area (Å²) >= 11 is 0. The molecule has 2 aliphatic heterocycles. The second-order valence-corrected chi connectivity index (χ2v) is 10.5. The maximum absolute atomic E-state index is 13.3. The normalized spacial score (nSPS) is 18.3. The molecule has 3 aromatic rings. The third kappa shape index (κ3) is 5.85. The smallest absolute Gasteiger partial charge is 0.258 e. The van der Waals surface area contributed by atoms with E-state index in [-0.39, 0.29) is 29.9 Å². The van der Waals surface area contributed by atoms with Crippen LogP contribution in [0.2, 0.25) is 0 Å². The van der Waals surface area contributed by atoms with Crippen molar-refractivity contribution < 1.29 is 19.1 Å². The Morgan fingerprint density at radius 1 is 1.07 bits per heavy atom. The Kier molecular flexibility index (Phi) is 8.14. The first-order chi connectivity index (χ1) is 19.3. The van der Waals surface area contributed by atoms with E-state index in [0.29, 0.717) is 49.0 Å². The van der Waals surface area contributed by atoms with Crippen LogP contribution in [0.4, 0.5) is 5.95 Å². The highest BCUT2D eigenvalue weighted by Crippen LogP contribution is 2.36. The largest absolute Gasteiger partial charge is 0.488 e. The zero-order chi connectivity index (χ0) is 28.2. The Balaban J connectivity index is 1.53. The molecule has 0 radical (unpaired) electrons. The van der Waals surface area contributed by atoms with Gasteiger partial charge in [-0.2, -0.15) is 0 Å². The number of carbonyl (C=O) groups excluding carboxylic acids is 3. The number of benzene rings is 1. The number of para-hydroxylation sites is 1. The summed E-state index contributed by atoms with van der Waals surface area (Å²) < 4.78 is 8.59. The number of rotatable bonds is 6. The van der Waals surface area contributed by atoms with Crippen LogP contribution < -0.4 is 10.1 Å².